The second-order valence-electron chi connectivity index (χ2n) is 1.94. The van der Waals surface area contributed by atoms with Gasteiger partial charge >= 0.3 is 0 Å². The number of hydrogen-bond acceptors (Lipinski definition) is 4. The number of nitrogens with zero attached hydrogens (tertiary/aromatic N) is 2. The van der Waals surface area contributed by atoms with E-state index in [1.807, 2.05) is 19.0 Å². The fourth-order valence-corrected chi connectivity index (χ4v) is 0.299. The van der Waals surface area contributed by atoms with Crippen LogP contribution in [0.3, 0.4) is 0 Å². The molecule has 0 aliphatic carbocycles. The summed E-state index contributed by atoms with van der Waals surface area (Å²) in [6.07, 6.45) is 0. The molecule has 0 fully saturated rings. The van der Waals surface area contributed by atoms with Crippen molar-refractivity contribution in [3.8, 4) is 0 Å². The van der Waals surface area contributed by atoms with E-state index in [0.717, 1.165) is 0 Å². The largest absolute Gasteiger partial charge is 0.772 e. The molecule has 0 unspecified atom stereocenters. The Bertz CT molecular complexity index is 47.2. The van der Waals surface area contributed by atoms with Crippen LogP contribution in [0.4, 0.5) is 0 Å². The third-order valence-corrected chi connectivity index (χ3v) is 0.768. The number of hydrazine groups is 1. The third-order valence-electron chi connectivity index (χ3n) is 0.768. The second-order valence-corrected chi connectivity index (χ2v) is 1.94. The summed E-state index contributed by atoms with van der Waals surface area (Å²) < 4.78 is 0. The van der Waals surface area contributed by atoms with Crippen LogP contribution in [0.25, 0.3) is 0 Å². The lowest BCUT2D eigenvalue weighted by molar-refractivity contribution is 0.315. The maximum Gasteiger partial charge on any atom is 0.0120 e. The quantitative estimate of drug-likeness (QED) is 0.390. The van der Waals surface area contributed by atoms with Gasteiger partial charge in [0.05, 0.1) is 0 Å². The Hall–Kier alpha value is -0.160. The smallest absolute Gasteiger partial charge is 0.0120 e. The number of nitrogens with two attached hydrogens (primary N) is 1. The fourth-order valence-electron chi connectivity index (χ4n) is 0.299. The van der Waals surface area contributed by atoms with E-state index in [4.69, 9.17) is 5.84 Å². The molecule has 2 N–H and O–H groups in total. The Kier molecular flexibility index (Phi) is 3.72. The van der Waals surface area contributed by atoms with Crippen molar-refractivity contribution < 1.29 is 0 Å². The van der Waals surface area contributed by atoms with Gasteiger partial charge in [0.2, 0.25) is 0 Å². The molecule has 0 saturated heterocycles. The van der Waals surface area contributed by atoms with Crippen LogP contribution in [0, 0.1) is 5.21 Å². The van der Waals surface area contributed by atoms with Crippen LogP contribution in [0.1, 0.15) is 0 Å². The molecule has 0 amide bonds. The summed E-state index contributed by atoms with van der Waals surface area (Å²) >= 11 is 0. The van der Waals surface area contributed by atoms with Gasteiger partial charge in [-0.2, -0.15) is 0 Å². The van der Waals surface area contributed by atoms with E-state index in [1.54, 1.807) is 0 Å². The molecule has 0 saturated carbocycles. The van der Waals surface area contributed by atoms with Crippen molar-refractivity contribution in [2.24, 2.45) is 5.84 Å². The lowest BCUT2D eigenvalue weighted by atomic mass is 10.6. The highest BCUT2D eigenvalue weighted by atomic mass is 16.5. The van der Waals surface area contributed by atoms with Crippen LogP contribution >= 0.6 is 0 Å². The molecule has 0 radical (unpaired) electrons. The molecule has 50 valence electrons. The van der Waals surface area contributed by atoms with Crippen molar-refractivity contribution >= 4 is 0 Å². The Morgan fingerprint density at radius 1 is 1.38 bits per heavy atom. The van der Waals surface area contributed by atoms with Gasteiger partial charge in [-0.15, -0.1) is 0 Å². The summed E-state index contributed by atoms with van der Waals surface area (Å²) in [7, 11) is 3.78. The monoisotopic (exact) mass is 118 g/mol. The predicted octanol–water partition coefficient (Wildman–Crippen LogP) is -0.778. The van der Waals surface area contributed by atoms with Crippen LogP contribution in [-0.4, -0.2) is 37.3 Å². The Morgan fingerprint density at radius 3 is 2.00 bits per heavy atom. The highest BCUT2D eigenvalue weighted by molar-refractivity contribution is 4.48. The summed E-state index contributed by atoms with van der Waals surface area (Å²) in [5.74, 6) is 4.79. The first-order valence-corrected chi connectivity index (χ1v) is 2.47. The van der Waals surface area contributed by atoms with Gasteiger partial charge in [-0.05, 0) is 14.1 Å². The van der Waals surface area contributed by atoms with E-state index in [9.17, 15) is 5.21 Å². The SMILES string of the molecule is CN(C)CCN(N)[O-]. The third kappa shape index (κ3) is 5.84. The molecule has 0 rings (SSSR count). The summed E-state index contributed by atoms with van der Waals surface area (Å²) in [6.45, 7) is 1.08. The molecular formula is C4H12N3O-. The van der Waals surface area contributed by atoms with E-state index < -0.39 is 0 Å². The van der Waals surface area contributed by atoms with Crippen LogP contribution in [0.2, 0.25) is 0 Å². The van der Waals surface area contributed by atoms with E-state index in [0.29, 0.717) is 18.3 Å². The molecule has 0 aromatic rings. The molecule has 4 heteroatoms. The predicted molar refractivity (Wildman–Crippen MR) is 32.8 cm³/mol. The minimum absolute atomic E-state index is 0.368. The molecule has 0 aromatic heterocycles. The molecule has 8 heavy (non-hydrogen) atoms. The Balaban J connectivity index is 2.93. The van der Waals surface area contributed by atoms with Crippen LogP contribution in [-0.2, 0) is 0 Å². The van der Waals surface area contributed by atoms with Crippen molar-refractivity contribution in [2.45, 2.75) is 0 Å². The first-order chi connectivity index (χ1) is 3.63. The fraction of sp³-hybridized carbons (Fsp3) is 1.00. The molecule has 0 aliphatic heterocycles. The number of likely N-dealkylation sites (N-methyl/N-ethyl adjacent to an activating group) is 1. The maximum atomic E-state index is 10.0. The van der Waals surface area contributed by atoms with Crippen molar-refractivity contribution in [1.82, 2.24) is 10.1 Å². The molecule has 4 nitrogen and oxygen atoms in total. The normalized spacial score (nSPS) is 11.2. The molecular weight excluding hydrogens is 106 g/mol. The number of hydrogen-bond donors (Lipinski definition) is 1. The topological polar surface area (TPSA) is 55.6 Å². The molecule has 0 bridgehead atoms. The van der Waals surface area contributed by atoms with Crippen molar-refractivity contribution in [1.29, 1.82) is 0 Å². The van der Waals surface area contributed by atoms with Gasteiger partial charge in [0, 0.05) is 13.1 Å². The zero-order valence-corrected chi connectivity index (χ0v) is 5.29. The van der Waals surface area contributed by atoms with Gasteiger partial charge in [-0.1, -0.05) is 0 Å². The Labute approximate surface area is 49.4 Å². The zero-order valence-electron chi connectivity index (χ0n) is 5.29. The summed E-state index contributed by atoms with van der Waals surface area (Å²) in [5, 5.41) is 10.4. The maximum absolute atomic E-state index is 10.0. The second kappa shape index (κ2) is 3.80. The lowest BCUT2D eigenvalue weighted by Gasteiger charge is -2.22. The van der Waals surface area contributed by atoms with Crippen molar-refractivity contribution in [2.75, 3.05) is 27.2 Å². The summed E-state index contributed by atoms with van der Waals surface area (Å²) in [5.41, 5.74) is 0. The van der Waals surface area contributed by atoms with E-state index in [1.165, 1.54) is 0 Å². The van der Waals surface area contributed by atoms with E-state index in [-0.39, 0.29) is 0 Å². The highest BCUT2D eigenvalue weighted by Gasteiger charge is 1.86. The van der Waals surface area contributed by atoms with Crippen molar-refractivity contribution in [3.63, 3.8) is 0 Å². The van der Waals surface area contributed by atoms with E-state index in [2.05, 4.69) is 0 Å². The van der Waals surface area contributed by atoms with Gasteiger partial charge < -0.3 is 15.3 Å². The average Bonchev–Trinajstić information content (AvgIpc) is 1.61. The number of rotatable bonds is 3. The molecule has 0 atom stereocenters. The highest BCUT2D eigenvalue weighted by Crippen LogP contribution is 1.74. The van der Waals surface area contributed by atoms with Crippen LogP contribution in [0.15, 0.2) is 0 Å². The summed E-state index contributed by atoms with van der Waals surface area (Å²) in [4.78, 5) is 1.90. The first kappa shape index (κ1) is 7.84. The average molecular weight is 118 g/mol. The number of hydroxylamine groups is 1. The first-order valence-electron chi connectivity index (χ1n) is 2.47. The summed E-state index contributed by atoms with van der Waals surface area (Å²) in [6, 6.07) is 0. The van der Waals surface area contributed by atoms with Gasteiger partial charge in [0.15, 0.2) is 0 Å². The van der Waals surface area contributed by atoms with E-state index >= 15 is 0 Å². The minimum atomic E-state index is 0.368. The van der Waals surface area contributed by atoms with Gasteiger partial charge in [-0.3, -0.25) is 5.84 Å². The molecule has 0 aromatic carbocycles. The van der Waals surface area contributed by atoms with Crippen molar-refractivity contribution in [3.05, 3.63) is 5.21 Å². The van der Waals surface area contributed by atoms with Gasteiger partial charge in [0.1, 0.15) is 0 Å². The minimum Gasteiger partial charge on any atom is -0.772 e. The van der Waals surface area contributed by atoms with Gasteiger partial charge in [-0.25, -0.2) is 0 Å². The van der Waals surface area contributed by atoms with Crippen LogP contribution < -0.4 is 5.84 Å². The van der Waals surface area contributed by atoms with Crippen LogP contribution in [0.5, 0.6) is 0 Å². The molecule has 0 aliphatic rings. The zero-order chi connectivity index (χ0) is 6.57. The van der Waals surface area contributed by atoms with Gasteiger partial charge in [0.25, 0.3) is 0 Å². The molecule has 0 spiro atoms. The standard InChI is InChI=1S/C4H12N3O/c1-6(2)3-4-7(5)8/h3-5H2,1-2H3/q-1. The Morgan fingerprint density at radius 2 is 1.88 bits per heavy atom. The lowest BCUT2D eigenvalue weighted by Crippen LogP contribution is -2.31. The molecule has 0 heterocycles.